The Bertz CT molecular complexity index is 1340. The second-order valence-electron chi connectivity index (χ2n) is 7.98. The van der Waals surface area contributed by atoms with Gasteiger partial charge in [-0.2, -0.15) is 0 Å². The molecule has 1 heterocycles. The van der Waals surface area contributed by atoms with Crippen LogP contribution >= 0.6 is 0 Å². The van der Waals surface area contributed by atoms with Crippen LogP contribution in [0.1, 0.15) is 22.3 Å². The largest absolute Gasteiger partial charge is 0.497 e. The van der Waals surface area contributed by atoms with Gasteiger partial charge < -0.3 is 9.47 Å². The molecular formula is C30H24N4O2. The molecule has 0 saturated carbocycles. The van der Waals surface area contributed by atoms with Crippen LogP contribution in [0, 0.1) is 0 Å². The highest BCUT2D eigenvalue weighted by atomic mass is 16.5. The summed E-state index contributed by atoms with van der Waals surface area (Å²) >= 11 is 0. The number of nitrogens with zero attached hydrogens (tertiary/aromatic N) is 4. The van der Waals surface area contributed by atoms with Crippen LogP contribution in [0.2, 0.25) is 0 Å². The first kappa shape index (κ1) is 22.9. The zero-order valence-corrected chi connectivity index (χ0v) is 20.0. The van der Waals surface area contributed by atoms with E-state index < -0.39 is 0 Å². The second kappa shape index (κ2) is 10.6. The first-order valence-corrected chi connectivity index (χ1v) is 11.5. The average molecular weight is 473 g/mol. The molecule has 0 radical (unpaired) electrons. The normalized spacial score (nSPS) is 19.2. The standard InChI is InChI=1S/C30H24N4O2/c1-35-25-17-13-23(14-18-25)29-30(24-15-19-26(36-2)20-16-24)34-32-28(22-11-7-4-8-12-22)27(31-33-29)21-9-5-3-6-10-21/h3-20H,1-2H3/b28-27?,30-29?,31-27-,32-28-,33-29-,33-31?,34-30-,34-32?. The number of benzene rings is 4. The summed E-state index contributed by atoms with van der Waals surface area (Å²) in [6.07, 6.45) is 0. The van der Waals surface area contributed by atoms with E-state index in [1.807, 2.05) is 109 Å². The molecular weight excluding hydrogens is 448 g/mol. The third-order valence-electron chi connectivity index (χ3n) is 5.77. The Morgan fingerprint density at radius 1 is 0.361 bits per heavy atom. The minimum absolute atomic E-state index is 0.604. The number of hydrogen-bond donors (Lipinski definition) is 0. The molecule has 0 N–H and O–H groups in total. The molecule has 0 saturated heterocycles. The van der Waals surface area contributed by atoms with Crippen LogP contribution in [0.5, 0.6) is 11.5 Å². The van der Waals surface area contributed by atoms with E-state index in [-0.39, 0.29) is 0 Å². The molecule has 0 aromatic heterocycles. The highest BCUT2D eigenvalue weighted by Gasteiger charge is 2.21. The molecule has 0 spiro atoms. The highest BCUT2D eigenvalue weighted by molar-refractivity contribution is 6.56. The molecule has 0 atom stereocenters. The molecule has 4 aromatic rings. The molecule has 4 aromatic carbocycles. The smallest absolute Gasteiger partial charge is 0.121 e. The summed E-state index contributed by atoms with van der Waals surface area (Å²) in [6.45, 7) is 0. The van der Waals surface area contributed by atoms with E-state index in [0.717, 1.165) is 33.8 Å². The highest BCUT2D eigenvalue weighted by Crippen LogP contribution is 2.20. The molecule has 5 rings (SSSR count). The monoisotopic (exact) mass is 472 g/mol. The van der Waals surface area contributed by atoms with Crippen molar-refractivity contribution in [2.75, 3.05) is 14.2 Å². The summed E-state index contributed by atoms with van der Waals surface area (Å²) in [5.41, 5.74) is 6.00. The van der Waals surface area contributed by atoms with E-state index in [9.17, 15) is 0 Å². The van der Waals surface area contributed by atoms with E-state index in [1.165, 1.54) is 0 Å². The summed E-state index contributed by atoms with van der Waals surface area (Å²) in [7, 11) is 3.28. The summed E-state index contributed by atoms with van der Waals surface area (Å²) in [4.78, 5) is 0. The lowest BCUT2D eigenvalue weighted by Gasteiger charge is -2.14. The number of hydrogen-bond acceptors (Lipinski definition) is 6. The fourth-order valence-electron chi connectivity index (χ4n) is 3.86. The van der Waals surface area contributed by atoms with Crippen molar-refractivity contribution < 1.29 is 9.47 Å². The van der Waals surface area contributed by atoms with Gasteiger partial charge >= 0.3 is 0 Å². The van der Waals surface area contributed by atoms with Gasteiger partial charge in [-0.15, -0.1) is 20.4 Å². The van der Waals surface area contributed by atoms with Crippen LogP contribution in [-0.4, -0.2) is 37.1 Å². The molecule has 0 unspecified atom stereocenters. The number of ether oxygens (including phenoxy) is 2. The molecule has 0 aliphatic carbocycles. The maximum absolute atomic E-state index is 5.34. The number of methoxy groups -OCH3 is 2. The van der Waals surface area contributed by atoms with Crippen LogP contribution in [0.3, 0.4) is 0 Å². The topological polar surface area (TPSA) is 67.9 Å². The van der Waals surface area contributed by atoms with E-state index in [2.05, 4.69) is 0 Å². The van der Waals surface area contributed by atoms with Gasteiger partial charge in [-0.25, -0.2) is 0 Å². The molecule has 0 amide bonds. The Labute approximate surface area is 210 Å². The first-order chi connectivity index (χ1) is 17.8. The van der Waals surface area contributed by atoms with Gasteiger partial charge in [-0.05, 0) is 48.5 Å². The molecule has 6 nitrogen and oxygen atoms in total. The Morgan fingerprint density at radius 3 is 0.917 bits per heavy atom. The zero-order valence-electron chi connectivity index (χ0n) is 20.0. The predicted octanol–water partition coefficient (Wildman–Crippen LogP) is 5.80. The second-order valence-corrected chi connectivity index (χ2v) is 7.98. The van der Waals surface area contributed by atoms with Crippen molar-refractivity contribution in [3.8, 4) is 11.5 Å². The predicted molar refractivity (Wildman–Crippen MR) is 145 cm³/mol. The third kappa shape index (κ3) is 4.83. The van der Waals surface area contributed by atoms with Gasteiger partial charge in [0.15, 0.2) is 0 Å². The molecule has 6 heteroatoms. The first-order valence-electron chi connectivity index (χ1n) is 11.5. The molecule has 36 heavy (non-hydrogen) atoms. The van der Waals surface area contributed by atoms with Gasteiger partial charge in [0, 0.05) is 22.3 Å². The van der Waals surface area contributed by atoms with E-state index in [4.69, 9.17) is 29.9 Å². The lowest BCUT2D eigenvalue weighted by molar-refractivity contribution is 0.414. The Balaban J connectivity index is 1.72. The van der Waals surface area contributed by atoms with Gasteiger partial charge in [-0.3, -0.25) is 0 Å². The van der Waals surface area contributed by atoms with Crippen LogP contribution in [0.25, 0.3) is 0 Å². The van der Waals surface area contributed by atoms with E-state index in [1.54, 1.807) is 14.2 Å². The van der Waals surface area contributed by atoms with Crippen molar-refractivity contribution in [3.05, 3.63) is 131 Å². The van der Waals surface area contributed by atoms with Crippen molar-refractivity contribution in [1.29, 1.82) is 0 Å². The van der Waals surface area contributed by atoms with Gasteiger partial charge in [0.25, 0.3) is 0 Å². The van der Waals surface area contributed by atoms with Crippen LogP contribution in [-0.2, 0) is 0 Å². The third-order valence-corrected chi connectivity index (χ3v) is 5.77. The van der Waals surface area contributed by atoms with Gasteiger partial charge in [-0.1, -0.05) is 60.7 Å². The van der Waals surface area contributed by atoms with E-state index in [0.29, 0.717) is 22.8 Å². The minimum Gasteiger partial charge on any atom is -0.497 e. The van der Waals surface area contributed by atoms with Gasteiger partial charge in [0.1, 0.15) is 34.3 Å². The lowest BCUT2D eigenvalue weighted by Crippen LogP contribution is -2.22. The fraction of sp³-hybridized carbons (Fsp3) is 0.0667. The maximum Gasteiger partial charge on any atom is 0.121 e. The zero-order chi connectivity index (χ0) is 24.7. The Kier molecular flexibility index (Phi) is 6.76. The molecule has 1 aliphatic rings. The summed E-state index contributed by atoms with van der Waals surface area (Å²) < 4.78 is 10.7. The maximum atomic E-state index is 5.34. The minimum atomic E-state index is 0.604. The van der Waals surface area contributed by atoms with Gasteiger partial charge in [0.2, 0.25) is 0 Å². The SMILES string of the molecule is COc1ccc(C2=N/N=C(c3ccccc3)\C(c3ccccc3)=N/N=C\2c2ccc(OC)cc2)cc1. The average Bonchev–Trinajstić information content (AvgIpc) is 2.94. The van der Waals surface area contributed by atoms with Crippen LogP contribution in [0.4, 0.5) is 0 Å². The summed E-state index contributed by atoms with van der Waals surface area (Å²) in [6, 6.07) is 35.1. The molecule has 0 fully saturated rings. The quantitative estimate of drug-likeness (QED) is 0.356. The van der Waals surface area contributed by atoms with Crippen molar-refractivity contribution >= 4 is 22.8 Å². The lowest BCUT2D eigenvalue weighted by atomic mass is 9.98. The van der Waals surface area contributed by atoms with Crippen molar-refractivity contribution in [3.63, 3.8) is 0 Å². The van der Waals surface area contributed by atoms with Crippen molar-refractivity contribution in [2.45, 2.75) is 0 Å². The van der Waals surface area contributed by atoms with Crippen LogP contribution < -0.4 is 9.47 Å². The Morgan fingerprint density at radius 2 is 0.639 bits per heavy atom. The number of rotatable bonds is 6. The molecule has 0 bridgehead atoms. The van der Waals surface area contributed by atoms with Gasteiger partial charge in [0.05, 0.1) is 14.2 Å². The van der Waals surface area contributed by atoms with Crippen molar-refractivity contribution in [2.24, 2.45) is 20.4 Å². The van der Waals surface area contributed by atoms with E-state index >= 15 is 0 Å². The Hall–Kier alpha value is -4.84. The fourth-order valence-corrected chi connectivity index (χ4v) is 3.86. The van der Waals surface area contributed by atoms with Crippen LogP contribution in [0.15, 0.2) is 130 Å². The van der Waals surface area contributed by atoms with Crippen molar-refractivity contribution in [1.82, 2.24) is 0 Å². The molecule has 176 valence electrons. The summed E-state index contributed by atoms with van der Waals surface area (Å²) in [5.74, 6) is 1.51. The summed E-state index contributed by atoms with van der Waals surface area (Å²) in [5, 5.41) is 19.0. The molecule has 1 aliphatic heterocycles.